The molecule has 0 radical (unpaired) electrons. The molecule has 1 unspecified atom stereocenters. The average Bonchev–Trinajstić information content (AvgIpc) is 2.66. The summed E-state index contributed by atoms with van der Waals surface area (Å²) >= 11 is 0. The number of aromatic nitrogens is 1. The molecule has 0 aromatic carbocycles. The average molecular weight is 269 g/mol. The molecule has 2 rings (SSSR count). The number of sulfone groups is 1. The summed E-state index contributed by atoms with van der Waals surface area (Å²) in [5, 5.41) is 2.50. The molecule has 6 nitrogen and oxygen atoms in total. The molecule has 1 aromatic rings. The highest BCUT2D eigenvalue weighted by molar-refractivity contribution is 7.92. The molecule has 1 aromatic heterocycles. The van der Waals surface area contributed by atoms with Crippen LogP contribution >= 0.6 is 0 Å². The van der Waals surface area contributed by atoms with Gasteiger partial charge in [0.25, 0.3) is 5.91 Å². The summed E-state index contributed by atoms with van der Waals surface area (Å²) in [5.41, 5.74) is 5.49. The first-order valence-electron chi connectivity index (χ1n) is 5.71. The third-order valence-electron chi connectivity index (χ3n) is 3.03. The molecule has 7 heteroatoms. The van der Waals surface area contributed by atoms with Gasteiger partial charge >= 0.3 is 0 Å². The predicted molar refractivity (Wildman–Crippen MR) is 68.1 cm³/mol. The van der Waals surface area contributed by atoms with E-state index in [1.807, 2.05) is 0 Å². The summed E-state index contributed by atoms with van der Waals surface area (Å²) in [7, 11) is -3.00. The lowest BCUT2D eigenvalue weighted by atomic mass is 10.2. The summed E-state index contributed by atoms with van der Waals surface area (Å²) in [6, 6.07) is 3.17. The summed E-state index contributed by atoms with van der Waals surface area (Å²) in [5.74, 6) is -0.00322. The maximum absolute atomic E-state index is 11.6. The van der Waals surface area contributed by atoms with Crippen molar-refractivity contribution in [3.63, 3.8) is 0 Å². The Hall–Kier alpha value is -1.63. The number of nitrogens with two attached hydrogens (primary N) is 1. The molecule has 18 heavy (non-hydrogen) atoms. The van der Waals surface area contributed by atoms with E-state index >= 15 is 0 Å². The van der Waals surface area contributed by atoms with Gasteiger partial charge in [0.05, 0.1) is 16.6 Å². The number of hydrogen-bond donors (Lipinski definition) is 2. The van der Waals surface area contributed by atoms with Crippen molar-refractivity contribution in [3.8, 4) is 0 Å². The van der Waals surface area contributed by atoms with Crippen molar-refractivity contribution in [2.75, 3.05) is 17.6 Å². The summed E-state index contributed by atoms with van der Waals surface area (Å²) in [6.07, 6.45) is 2.87. The first-order chi connectivity index (χ1) is 8.50. The number of nitrogens with zero attached hydrogens (tertiary/aromatic N) is 1. The minimum absolute atomic E-state index is 0.240. The fraction of sp³-hybridized carbons (Fsp3) is 0.455. The largest absolute Gasteiger partial charge is 0.368 e. The normalized spacial score (nSPS) is 21.7. The molecule has 1 amide bonds. The Morgan fingerprint density at radius 2 is 2.33 bits per heavy atom. The van der Waals surface area contributed by atoms with Gasteiger partial charge in [-0.05, 0) is 25.0 Å². The molecule has 1 fully saturated rings. The van der Waals surface area contributed by atoms with Crippen LogP contribution in [0.5, 0.6) is 0 Å². The van der Waals surface area contributed by atoms with Crippen molar-refractivity contribution in [1.29, 1.82) is 0 Å². The molecule has 98 valence electrons. The molecule has 0 spiro atoms. The Kier molecular flexibility index (Phi) is 3.51. The molecule has 1 aliphatic heterocycles. The van der Waals surface area contributed by atoms with Crippen LogP contribution in [0.15, 0.2) is 18.3 Å². The van der Waals surface area contributed by atoms with Gasteiger partial charge in [0.15, 0.2) is 9.84 Å². The van der Waals surface area contributed by atoms with E-state index in [1.54, 1.807) is 12.1 Å². The lowest BCUT2D eigenvalue weighted by molar-refractivity contribution is 0.100. The van der Waals surface area contributed by atoms with E-state index < -0.39 is 21.0 Å². The number of rotatable bonds is 4. The molecule has 0 saturated carbocycles. The molecule has 1 saturated heterocycles. The molecule has 3 N–H and O–H groups in total. The SMILES string of the molecule is NC(=O)c1cccnc1NCC1CCCS1(=O)=O. The number of carbonyl (C=O) groups is 1. The number of carbonyl (C=O) groups excluding carboxylic acids is 1. The van der Waals surface area contributed by atoms with Crippen molar-refractivity contribution in [1.82, 2.24) is 4.98 Å². The Bertz CT molecular complexity index is 556. The molecular weight excluding hydrogens is 254 g/mol. The van der Waals surface area contributed by atoms with Crippen LogP contribution in [0.25, 0.3) is 0 Å². The molecular formula is C11H15N3O3S. The van der Waals surface area contributed by atoms with Crippen molar-refractivity contribution < 1.29 is 13.2 Å². The summed E-state index contributed by atoms with van der Waals surface area (Å²) in [6.45, 7) is 0.264. The van der Waals surface area contributed by atoms with Gasteiger partial charge in [-0.3, -0.25) is 4.79 Å². The van der Waals surface area contributed by atoms with Crippen LogP contribution in [-0.4, -0.2) is 36.9 Å². The van der Waals surface area contributed by atoms with Crippen LogP contribution in [0.2, 0.25) is 0 Å². The molecule has 1 atom stereocenters. The van der Waals surface area contributed by atoms with Gasteiger partial charge in [-0.15, -0.1) is 0 Å². The number of pyridine rings is 1. The third kappa shape index (κ3) is 2.61. The highest BCUT2D eigenvalue weighted by atomic mass is 32.2. The summed E-state index contributed by atoms with van der Waals surface area (Å²) in [4.78, 5) is 15.2. The van der Waals surface area contributed by atoms with E-state index in [-0.39, 0.29) is 17.9 Å². The quantitative estimate of drug-likeness (QED) is 0.811. The fourth-order valence-electron chi connectivity index (χ4n) is 2.04. The first-order valence-corrected chi connectivity index (χ1v) is 7.42. The lowest BCUT2D eigenvalue weighted by Gasteiger charge is -2.12. The zero-order valence-corrected chi connectivity index (χ0v) is 10.6. The van der Waals surface area contributed by atoms with E-state index in [1.165, 1.54) is 6.20 Å². The number of primary amides is 1. The molecule has 1 aliphatic rings. The van der Waals surface area contributed by atoms with Crippen LogP contribution < -0.4 is 11.1 Å². The van der Waals surface area contributed by atoms with Crippen LogP contribution in [-0.2, 0) is 9.84 Å². The van der Waals surface area contributed by atoms with Crippen LogP contribution in [0.3, 0.4) is 0 Å². The topological polar surface area (TPSA) is 102 Å². The van der Waals surface area contributed by atoms with Crippen molar-refractivity contribution in [3.05, 3.63) is 23.9 Å². The Labute approximate surface area is 106 Å². The highest BCUT2D eigenvalue weighted by Crippen LogP contribution is 2.21. The van der Waals surface area contributed by atoms with Crippen LogP contribution in [0.1, 0.15) is 23.2 Å². The third-order valence-corrected chi connectivity index (χ3v) is 5.31. The number of amides is 1. The Morgan fingerprint density at radius 1 is 1.56 bits per heavy atom. The predicted octanol–water partition coefficient (Wildman–Crippen LogP) is 0.170. The van der Waals surface area contributed by atoms with Gasteiger partial charge in [-0.1, -0.05) is 0 Å². The lowest BCUT2D eigenvalue weighted by Crippen LogP contribution is -2.26. The van der Waals surface area contributed by atoms with E-state index in [9.17, 15) is 13.2 Å². The number of hydrogen-bond acceptors (Lipinski definition) is 5. The fourth-order valence-corrected chi connectivity index (χ4v) is 3.81. The molecule has 0 bridgehead atoms. The second-order valence-corrected chi connectivity index (χ2v) is 6.68. The van der Waals surface area contributed by atoms with Crippen molar-refractivity contribution >= 4 is 21.6 Å². The van der Waals surface area contributed by atoms with E-state index in [4.69, 9.17) is 5.73 Å². The minimum atomic E-state index is -3.00. The summed E-state index contributed by atoms with van der Waals surface area (Å²) < 4.78 is 23.3. The zero-order chi connectivity index (χ0) is 13.2. The van der Waals surface area contributed by atoms with Gasteiger partial charge in [0.2, 0.25) is 0 Å². The number of anilines is 1. The van der Waals surface area contributed by atoms with Crippen molar-refractivity contribution in [2.45, 2.75) is 18.1 Å². The van der Waals surface area contributed by atoms with Gasteiger partial charge in [0, 0.05) is 12.7 Å². The van der Waals surface area contributed by atoms with Crippen molar-refractivity contribution in [2.24, 2.45) is 5.73 Å². The Morgan fingerprint density at radius 3 is 2.94 bits per heavy atom. The Balaban J connectivity index is 2.09. The van der Waals surface area contributed by atoms with Gasteiger partial charge in [-0.2, -0.15) is 0 Å². The molecule has 0 aliphatic carbocycles. The van der Waals surface area contributed by atoms with E-state index in [0.29, 0.717) is 18.7 Å². The minimum Gasteiger partial charge on any atom is -0.368 e. The van der Waals surface area contributed by atoms with Crippen LogP contribution in [0, 0.1) is 0 Å². The van der Waals surface area contributed by atoms with E-state index in [2.05, 4.69) is 10.3 Å². The van der Waals surface area contributed by atoms with E-state index in [0.717, 1.165) is 0 Å². The second-order valence-electron chi connectivity index (χ2n) is 4.28. The number of nitrogens with one attached hydrogen (secondary N) is 1. The van der Waals surface area contributed by atoms with Crippen LogP contribution in [0.4, 0.5) is 5.82 Å². The van der Waals surface area contributed by atoms with Gasteiger partial charge in [-0.25, -0.2) is 13.4 Å². The first kappa shape index (κ1) is 12.8. The zero-order valence-electron chi connectivity index (χ0n) is 9.80. The monoisotopic (exact) mass is 269 g/mol. The van der Waals surface area contributed by atoms with Gasteiger partial charge < -0.3 is 11.1 Å². The second kappa shape index (κ2) is 4.93. The van der Waals surface area contributed by atoms with Gasteiger partial charge in [0.1, 0.15) is 5.82 Å². The standard InChI is InChI=1S/C11H15N3O3S/c12-10(15)9-4-1-5-13-11(9)14-7-8-3-2-6-18(8,16)17/h1,4-5,8H,2-3,6-7H2,(H2,12,15)(H,13,14). The maximum Gasteiger partial charge on any atom is 0.252 e. The smallest absolute Gasteiger partial charge is 0.252 e. The highest BCUT2D eigenvalue weighted by Gasteiger charge is 2.31. The maximum atomic E-state index is 11.6. The molecule has 2 heterocycles.